The normalized spacial score (nSPS) is 12.2. The molecule has 0 aliphatic carbocycles. The van der Waals surface area contributed by atoms with Gasteiger partial charge in [-0.3, -0.25) is 0 Å². The van der Waals surface area contributed by atoms with Crippen LogP contribution >= 0.6 is 23.5 Å². The first-order valence-electron chi connectivity index (χ1n) is 10.9. The maximum absolute atomic E-state index is 10.2. The molecule has 0 unspecified atom stereocenters. The van der Waals surface area contributed by atoms with Gasteiger partial charge in [0.1, 0.15) is 5.75 Å². The second-order valence-corrected chi connectivity index (χ2v) is 10.3. The maximum atomic E-state index is 10.2. The van der Waals surface area contributed by atoms with Gasteiger partial charge in [-0.05, 0) is 70.8 Å². The van der Waals surface area contributed by atoms with E-state index in [1.165, 1.54) is 9.79 Å². The summed E-state index contributed by atoms with van der Waals surface area (Å²) in [5.74, 6) is 2.17. The summed E-state index contributed by atoms with van der Waals surface area (Å²) >= 11 is 3.58. The van der Waals surface area contributed by atoms with E-state index in [1.807, 2.05) is 36.4 Å². The molecule has 0 amide bonds. The number of aliphatic hydroxyl groups excluding tert-OH is 1. The molecule has 5 rings (SSSR count). The molecule has 4 nitrogen and oxygen atoms in total. The highest BCUT2D eigenvalue weighted by molar-refractivity contribution is 8.16. The molecular weight excluding hydrogens is 464 g/mol. The SMILES string of the molecule is COc1ccc(-c2cc3c(cc2C(Sc2ccccc2)Sc2ccccc2)OCO3)c(CO)c1. The van der Waals surface area contributed by atoms with Gasteiger partial charge in [-0.25, -0.2) is 0 Å². The van der Waals surface area contributed by atoms with Crippen molar-refractivity contribution in [1.82, 2.24) is 0 Å². The van der Waals surface area contributed by atoms with Gasteiger partial charge in [0.15, 0.2) is 11.5 Å². The molecule has 0 saturated carbocycles. The Balaban J connectivity index is 1.66. The zero-order valence-corrected chi connectivity index (χ0v) is 20.3. The first kappa shape index (κ1) is 22.7. The van der Waals surface area contributed by atoms with E-state index in [-0.39, 0.29) is 18.0 Å². The minimum atomic E-state index is -0.0945. The zero-order chi connectivity index (χ0) is 23.3. The Kier molecular flexibility index (Phi) is 7.00. The van der Waals surface area contributed by atoms with Crippen LogP contribution in [0.1, 0.15) is 15.7 Å². The number of ether oxygens (including phenoxy) is 3. The Morgan fingerprint density at radius 3 is 2.00 bits per heavy atom. The van der Waals surface area contributed by atoms with E-state index in [4.69, 9.17) is 14.2 Å². The molecule has 0 spiro atoms. The molecule has 6 heteroatoms. The smallest absolute Gasteiger partial charge is 0.231 e. The standard InChI is InChI=1S/C28H24O4S2/c1-30-20-12-13-23(19(14-20)17-29)24-15-26-27(32-18-31-26)16-25(24)28(33-21-8-4-2-5-9-21)34-22-10-6-3-7-11-22/h2-16,28-29H,17-18H2,1H3. The summed E-state index contributed by atoms with van der Waals surface area (Å²) in [7, 11) is 1.63. The Morgan fingerprint density at radius 2 is 1.41 bits per heavy atom. The molecule has 4 aromatic rings. The summed E-state index contributed by atoms with van der Waals surface area (Å²) < 4.78 is 16.9. The fourth-order valence-corrected chi connectivity index (χ4v) is 6.50. The van der Waals surface area contributed by atoms with E-state index in [1.54, 1.807) is 30.6 Å². The number of hydrogen-bond donors (Lipinski definition) is 1. The number of rotatable bonds is 8. The monoisotopic (exact) mass is 488 g/mol. The molecule has 0 radical (unpaired) electrons. The van der Waals surface area contributed by atoms with Crippen molar-refractivity contribution in [2.75, 3.05) is 13.9 Å². The largest absolute Gasteiger partial charge is 0.497 e. The van der Waals surface area contributed by atoms with Gasteiger partial charge in [0, 0.05) is 9.79 Å². The Labute approximate surface area is 207 Å². The Hall–Kier alpha value is -3.06. The maximum Gasteiger partial charge on any atom is 0.231 e. The van der Waals surface area contributed by atoms with Crippen LogP contribution in [-0.2, 0) is 6.61 Å². The molecule has 1 aliphatic rings. The minimum Gasteiger partial charge on any atom is -0.497 e. The summed E-state index contributed by atoms with van der Waals surface area (Å²) in [5.41, 5.74) is 3.86. The second-order valence-electron chi connectivity index (χ2n) is 7.67. The summed E-state index contributed by atoms with van der Waals surface area (Å²) in [6.07, 6.45) is 0. The van der Waals surface area contributed by atoms with Crippen LogP contribution < -0.4 is 14.2 Å². The van der Waals surface area contributed by atoms with Crippen molar-refractivity contribution in [1.29, 1.82) is 0 Å². The molecule has 0 bridgehead atoms. The number of methoxy groups -OCH3 is 1. The lowest BCUT2D eigenvalue weighted by Gasteiger charge is -2.22. The molecule has 0 fully saturated rings. The van der Waals surface area contributed by atoms with Crippen LogP contribution in [0, 0.1) is 0 Å². The first-order valence-corrected chi connectivity index (χ1v) is 12.7. The third-order valence-corrected chi connectivity index (χ3v) is 8.15. The summed E-state index contributed by atoms with van der Waals surface area (Å²) in [6.45, 7) is 0.110. The van der Waals surface area contributed by atoms with Crippen molar-refractivity contribution >= 4 is 23.5 Å². The average Bonchev–Trinajstić information content (AvgIpc) is 3.36. The number of hydrogen-bond acceptors (Lipinski definition) is 6. The predicted octanol–water partition coefficient (Wildman–Crippen LogP) is 7.17. The molecule has 0 aromatic heterocycles. The fraction of sp³-hybridized carbons (Fsp3) is 0.143. The zero-order valence-electron chi connectivity index (χ0n) is 18.6. The van der Waals surface area contributed by atoms with E-state index >= 15 is 0 Å². The van der Waals surface area contributed by atoms with Gasteiger partial charge in [0.25, 0.3) is 0 Å². The molecule has 0 saturated heterocycles. The lowest BCUT2D eigenvalue weighted by molar-refractivity contribution is 0.174. The van der Waals surface area contributed by atoms with Crippen LogP contribution in [0.3, 0.4) is 0 Å². The third-order valence-electron chi connectivity index (χ3n) is 5.54. The lowest BCUT2D eigenvalue weighted by atomic mass is 9.95. The van der Waals surface area contributed by atoms with Gasteiger partial charge in [-0.15, -0.1) is 23.5 Å². The number of fused-ring (bicyclic) bond motifs is 1. The summed E-state index contributed by atoms with van der Waals surface area (Å²) in [5, 5.41) is 10.2. The van der Waals surface area contributed by atoms with E-state index < -0.39 is 0 Å². The van der Waals surface area contributed by atoms with E-state index in [0.29, 0.717) is 11.5 Å². The van der Waals surface area contributed by atoms with Crippen LogP contribution in [0.2, 0.25) is 0 Å². The highest BCUT2D eigenvalue weighted by Crippen LogP contribution is 2.52. The van der Waals surface area contributed by atoms with Gasteiger partial charge < -0.3 is 19.3 Å². The van der Waals surface area contributed by atoms with Crippen LogP contribution in [0.15, 0.2) is 101 Å². The number of aliphatic hydroxyl groups is 1. The number of thioether (sulfide) groups is 2. The van der Waals surface area contributed by atoms with Crippen molar-refractivity contribution in [2.45, 2.75) is 21.0 Å². The molecule has 1 N–H and O–H groups in total. The quantitative estimate of drug-likeness (QED) is 0.210. The predicted molar refractivity (Wildman–Crippen MR) is 138 cm³/mol. The molecule has 1 heterocycles. The van der Waals surface area contributed by atoms with Gasteiger partial charge in [0.2, 0.25) is 6.79 Å². The van der Waals surface area contributed by atoms with Crippen molar-refractivity contribution in [2.24, 2.45) is 0 Å². The summed E-state index contributed by atoms with van der Waals surface area (Å²) in [6, 6.07) is 30.7. The van der Waals surface area contributed by atoms with Gasteiger partial charge in [-0.1, -0.05) is 42.5 Å². The topological polar surface area (TPSA) is 47.9 Å². The molecule has 172 valence electrons. The van der Waals surface area contributed by atoms with Crippen LogP contribution in [-0.4, -0.2) is 19.0 Å². The Bertz CT molecular complexity index is 1220. The second kappa shape index (κ2) is 10.5. The minimum absolute atomic E-state index is 0.0305. The Morgan fingerprint density at radius 1 is 0.794 bits per heavy atom. The summed E-state index contributed by atoms with van der Waals surface area (Å²) in [4.78, 5) is 2.35. The number of benzene rings is 4. The lowest BCUT2D eigenvalue weighted by Crippen LogP contribution is -1.98. The van der Waals surface area contributed by atoms with Gasteiger partial charge >= 0.3 is 0 Å². The van der Waals surface area contributed by atoms with Crippen molar-refractivity contribution in [3.05, 3.63) is 102 Å². The molecule has 0 atom stereocenters. The molecule has 4 aromatic carbocycles. The first-order chi connectivity index (χ1) is 16.7. The van der Waals surface area contributed by atoms with Crippen molar-refractivity contribution < 1.29 is 19.3 Å². The van der Waals surface area contributed by atoms with Gasteiger partial charge in [-0.2, -0.15) is 0 Å². The highest BCUT2D eigenvalue weighted by atomic mass is 32.2. The van der Waals surface area contributed by atoms with Crippen LogP contribution in [0.5, 0.6) is 17.2 Å². The highest BCUT2D eigenvalue weighted by Gasteiger charge is 2.26. The van der Waals surface area contributed by atoms with Crippen LogP contribution in [0.4, 0.5) is 0 Å². The van der Waals surface area contributed by atoms with Crippen LogP contribution in [0.25, 0.3) is 11.1 Å². The van der Waals surface area contributed by atoms with Crippen molar-refractivity contribution in [3.63, 3.8) is 0 Å². The average molecular weight is 489 g/mol. The van der Waals surface area contributed by atoms with E-state index in [0.717, 1.165) is 28.0 Å². The molecule has 34 heavy (non-hydrogen) atoms. The van der Waals surface area contributed by atoms with E-state index in [2.05, 4.69) is 54.6 Å². The van der Waals surface area contributed by atoms with Crippen molar-refractivity contribution in [3.8, 4) is 28.4 Å². The van der Waals surface area contributed by atoms with E-state index in [9.17, 15) is 5.11 Å². The van der Waals surface area contributed by atoms with Gasteiger partial charge in [0.05, 0.1) is 18.3 Å². The molecular formula is C28H24O4S2. The fourth-order valence-electron chi connectivity index (χ4n) is 3.87. The molecule has 1 aliphatic heterocycles. The third kappa shape index (κ3) is 4.89.